The Hall–Kier alpha value is -1.36. The highest BCUT2D eigenvalue weighted by molar-refractivity contribution is 5.56. The van der Waals surface area contributed by atoms with Gasteiger partial charge in [0.25, 0.3) is 0 Å². The third-order valence-corrected chi connectivity index (χ3v) is 3.26. The van der Waals surface area contributed by atoms with Crippen molar-refractivity contribution in [3.63, 3.8) is 0 Å². The minimum absolute atomic E-state index is 0.635. The molecule has 1 aliphatic heterocycles. The highest BCUT2D eigenvalue weighted by atomic mass is 15.3. The zero-order valence-electron chi connectivity index (χ0n) is 10.7. The first-order valence-corrected chi connectivity index (χ1v) is 6.25. The third-order valence-electron chi connectivity index (χ3n) is 3.26. The van der Waals surface area contributed by atoms with Crippen molar-refractivity contribution in [3.05, 3.63) is 11.9 Å². The number of piperazine rings is 1. The molecule has 2 N–H and O–H groups in total. The number of hydrogen-bond acceptors (Lipinski definition) is 5. The number of nitrogens with zero attached hydrogens (tertiary/aromatic N) is 4. The third kappa shape index (κ3) is 2.66. The highest BCUT2D eigenvalue weighted by Gasteiger charge is 2.19. The minimum Gasteiger partial charge on any atom is -0.383 e. The van der Waals surface area contributed by atoms with Gasteiger partial charge >= 0.3 is 0 Å². The Morgan fingerprint density at radius 2 is 1.94 bits per heavy atom. The summed E-state index contributed by atoms with van der Waals surface area (Å²) in [6.07, 6.45) is 3.59. The van der Waals surface area contributed by atoms with E-state index in [0.717, 1.165) is 50.4 Å². The number of nitrogen functional groups attached to an aromatic ring is 1. The summed E-state index contributed by atoms with van der Waals surface area (Å²) >= 11 is 0. The second-order valence-electron chi connectivity index (χ2n) is 4.60. The van der Waals surface area contributed by atoms with Gasteiger partial charge in [0.15, 0.2) is 0 Å². The molecule has 0 aromatic carbocycles. The summed E-state index contributed by atoms with van der Waals surface area (Å²) in [5.74, 6) is 1.67. The minimum atomic E-state index is 0.635. The summed E-state index contributed by atoms with van der Waals surface area (Å²) in [6.45, 7) is 6.35. The Bertz CT molecular complexity index is 371. The molecule has 1 aromatic rings. The quantitative estimate of drug-likeness (QED) is 0.838. The van der Waals surface area contributed by atoms with Crippen molar-refractivity contribution in [2.75, 3.05) is 43.9 Å². The van der Waals surface area contributed by atoms with Crippen molar-refractivity contribution in [1.29, 1.82) is 0 Å². The van der Waals surface area contributed by atoms with Crippen molar-refractivity contribution in [1.82, 2.24) is 14.9 Å². The van der Waals surface area contributed by atoms with Crippen LogP contribution in [0.5, 0.6) is 0 Å². The molecule has 0 radical (unpaired) electrons. The largest absolute Gasteiger partial charge is 0.383 e. The lowest BCUT2D eigenvalue weighted by atomic mass is 10.1. The van der Waals surface area contributed by atoms with E-state index in [-0.39, 0.29) is 0 Å². The summed E-state index contributed by atoms with van der Waals surface area (Å²) in [4.78, 5) is 13.2. The topological polar surface area (TPSA) is 58.3 Å². The van der Waals surface area contributed by atoms with Gasteiger partial charge in [0.05, 0.1) is 0 Å². The normalized spacial score (nSPS) is 17.4. The van der Waals surface area contributed by atoms with Crippen LogP contribution in [0.25, 0.3) is 0 Å². The summed E-state index contributed by atoms with van der Waals surface area (Å²) in [6, 6.07) is 0. The van der Waals surface area contributed by atoms with Gasteiger partial charge in [-0.2, -0.15) is 0 Å². The maximum absolute atomic E-state index is 5.95. The average Bonchev–Trinajstić information content (AvgIpc) is 2.33. The van der Waals surface area contributed by atoms with Crippen molar-refractivity contribution in [2.45, 2.75) is 19.8 Å². The van der Waals surface area contributed by atoms with Crippen LogP contribution in [0.2, 0.25) is 0 Å². The Balaban J connectivity index is 2.22. The first-order valence-electron chi connectivity index (χ1n) is 6.25. The van der Waals surface area contributed by atoms with Gasteiger partial charge in [-0.3, -0.25) is 0 Å². The number of hydrogen-bond donors (Lipinski definition) is 1. The monoisotopic (exact) mass is 235 g/mol. The Labute approximate surface area is 103 Å². The van der Waals surface area contributed by atoms with E-state index in [1.165, 1.54) is 0 Å². The molecule has 5 heteroatoms. The van der Waals surface area contributed by atoms with Crippen LogP contribution in [0.1, 0.15) is 18.9 Å². The number of anilines is 2. The van der Waals surface area contributed by atoms with E-state index in [1.54, 1.807) is 6.33 Å². The molecule has 2 rings (SSSR count). The molecule has 0 amide bonds. The second-order valence-corrected chi connectivity index (χ2v) is 4.60. The van der Waals surface area contributed by atoms with Crippen molar-refractivity contribution < 1.29 is 0 Å². The molecule has 94 valence electrons. The Morgan fingerprint density at radius 3 is 2.59 bits per heavy atom. The SMILES string of the molecule is CCCc1c(N)ncnc1N1CCN(C)CC1. The highest BCUT2D eigenvalue weighted by Crippen LogP contribution is 2.23. The standard InChI is InChI=1S/C12H21N5/c1-3-4-10-11(13)14-9-15-12(10)17-7-5-16(2)6-8-17/h9H,3-8H2,1-2H3,(H2,13,14,15). The van der Waals surface area contributed by atoms with Gasteiger partial charge in [0.2, 0.25) is 0 Å². The van der Waals surface area contributed by atoms with Gasteiger partial charge in [-0.05, 0) is 13.5 Å². The van der Waals surface area contributed by atoms with Crippen LogP contribution < -0.4 is 10.6 Å². The molecule has 0 unspecified atom stereocenters. The zero-order valence-corrected chi connectivity index (χ0v) is 10.7. The molecule has 1 aliphatic rings. The van der Waals surface area contributed by atoms with E-state index in [0.29, 0.717) is 5.82 Å². The van der Waals surface area contributed by atoms with Gasteiger partial charge in [-0.25, -0.2) is 9.97 Å². The lowest BCUT2D eigenvalue weighted by Crippen LogP contribution is -2.45. The second kappa shape index (κ2) is 5.31. The first kappa shape index (κ1) is 12.1. The van der Waals surface area contributed by atoms with E-state index < -0.39 is 0 Å². The molecular formula is C12H21N5. The number of rotatable bonds is 3. The average molecular weight is 235 g/mol. The lowest BCUT2D eigenvalue weighted by Gasteiger charge is -2.34. The van der Waals surface area contributed by atoms with Crippen molar-refractivity contribution >= 4 is 11.6 Å². The molecule has 0 bridgehead atoms. The van der Waals surface area contributed by atoms with Crippen LogP contribution in [0.4, 0.5) is 11.6 Å². The van der Waals surface area contributed by atoms with Gasteiger partial charge < -0.3 is 15.5 Å². The zero-order chi connectivity index (χ0) is 12.3. The molecule has 0 spiro atoms. The summed E-state index contributed by atoms with van der Waals surface area (Å²) < 4.78 is 0. The smallest absolute Gasteiger partial charge is 0.137 e. The van der Waals surface area contributed by atoms with E-state index in [1.807, 2.05) is 0 Å². The van der Waals surface area contributed by atoms with E-state index in [9.17, 15) is 0 Å². The number of aromatic nitrogens is 2. The van der Waals surface area contributed by atoms with Crippen molar-refractivity contribution in [2.24, 2.45) is 0 Å². The van der Waals surface area contributed by atoms with Gasteiger partial charge in [-0.1, -0.05) is 13.3 Å². The maximum atomic E-state index is 5.95. The van der Waals surface area contributed by atoms with Gasteiger partial charge in [0.1, 0.15) is 18.0 Å². The van der Waals surface area contributed by atoms with Crippen molar-refractivity contribution in [3.8, 4) is 0 Å². The Morgan fingerprint density at radius 1 is 1.24 bits per heavy atom. The van der Waals surface area contributed by atoms with Crippen LogP contribution in [-0.2, 0) is 6.42 Å². The number of likely N-dealkylation sites (N-methyl/N-ethyl adjacent to an activating group) is 1. The maximum Gasteiger partial charge on any atom is 0.137 e. The van der Waals surface area contributed by atoms with E-state index in [2.05, 4.69) is 33.7 Å². The van der Waals surface area contributed by atoms with Gasteiger partial charge in [-0.15, -0.1) is 0 Å². The predicted molar refractivity (Wildman–Crippen MR) is 70.1 cm³/mol. The Kier molecular flexibility index (Phi) is 3.78. The van der Waals surface area contributed by atoms with E-state index in [4.69, 9.17) is 5.73 Å². The number of nitrogens with two attached hydrogens (primary N) is 1. The molecule has 2 heterocycles. The summed E-state index contributed by atoms with van der Waals surface area (Å²) in [7, 11) is 2.15. The molecular weight excluding hydrogens is 214 g/mol. The lowest BCUT2D eigenvalue weighted by molar-refractivity contribution is 0.311. The summed E-state index contributed by atoms with van der Waals surface area (Å²) in [5, 5.41) is 0. The first-order chi connectivity index (χ1) is 8.22. The van der Waals surface area contributed by atoms with Crippen LogP contribution >= 0.6 is 0 Å². The summed E-state index contributed by atoms with van der Waals surface area (Å²) in [5.41, 5.74) is 7.06. The molecule has 0 atom stereocenters. The van der Waals surface area contributed by atoms with Crippen LogP contribution in [-0.4, -0.2) is 48.1 Å². The molecule has 1 saturated heterocycles. The molecule has 1 fully saturated rings. The van der Waals surface area contributed by atoms with Gasteiger partial charge in [0, 0.05) is 31.7 Å². The van der Waals surface area contributed by atoms with Crippen LogP contribution in [0, 0.1) is 0 Å². The molecule has 17 heavy (non-hydrogen) atoms. The molecule has 0 aliphatic carbocycles. The molecule has 5 nitrogen and oxygen atoms in total. The molecule has 1 aromatic heterocycles. The van der Waals surface area contributed by atoms with E-state index >= 15 is 0 Å². The fraction of sp³-hybridized carbons (Fsp3) is 0.667. The molecule has 0 saturated carbocycles. The fourth-order valence-corrected chi connectivity index (χ4v) is 2.20. The predicted octanol–water partition coefficient (Wildman–Crippen LogP) is 0.763. The van der Waals surface area contributed by atoms with Crippen LogP contribution in [0.3, 0.4) is 0 Å². The van der Waals surface area contributed by atoms with Crippen LogP contribution in [0.15, 0.2) is 6.33 Å². The fourth-order valence-electron chi connectivity index (χ4n) is 2.20.